The second-order valence-corrected chi connectivity index (χ2v) is 2.53. The molecule has 0 bridgehead atoms. The maximum atomic E-state index is 10.8. The Bertz CT molecular complexity index is 271. The van der Waals surface area contributed by atoms with Crippen molar-refractivity contribution in [3.05, 3.63) is 35.9 Å². The molecule has 4 heteroatoms. The molecule has 0 unspecified atom stereocenters. The summed E-state index contributed by atoms with van der Waals surface area (Å²) in [6, 6.07) is 9.14. The molecule has 0 fully saturated rings. The van der Waals surface area contributed by atoms with E-state index in [2.05, 4.69) is 4.52 Å². The second kappa shape index (κ2) is 4.62. The van der Waals surface area contributed by atoms with E-state index < -0.39 is 14.7 Å². The highest BCUT2D eigenvalue weighted by Gasteiger charge is 2.02. The molecule has 1 aromatic carbocycles. The van der Waals surface area contributed by atoms with Crippen LogP contribution in [0, 0.1) is 0 Å². The molecule has 0 amide bonds. The van der Waals surface area contributed by atoms with E-state index in [4.69, 9.17) is 0 Å². The van der Waals surface area contributed by atoms with Gasteiger partial charge in [0.1, 0.15) is 0 Å². The summed E-state index contributed by atoms with van der Waals surface area (Å²) in [5, 5.41) is 0. The van der Waals surface area contributed by atoms with Crippen molar-refractivity contribution >= 4 is 14.7 Å². The van der Waals surface area contributed by atoms with Crippen molar-refractivity contribution in [3.8, 4) is 0 Å². The molecule has 0 aromatic heterocycles. The maximum Gasteiger partial charge on any atom is 0.398 e. The number of hydrogen-bond donors (Lipinski definition) is 0. The molecule has 0 radical (unpaired) electrons. The minimum absolute atomic E-state index is 0.163. The lowest BCUT2D eigenvalue weighted by Gasteiger charge is -1.95. The Labute approximate surface area is 71.6 Å². The third kappa shape index (κ3) is 2.81. The van der Waals surface area contributed by atoms with Crippen molar-refractivity contribution in [2.45, 2.75) is 6.42 Å². The Morgan fingerprint density at radius 2 is 2.00 bits per heavy atom. The molecule has 0 aliphatic heterocycles. The lowest BCUT2D eigenvalue weighted by atomic mass is 10.2. The first-order chi connectivity index (χ1) is 5.83. The van der Waals surface area contributed by atoms with Gasteiger partial charge in [0.15, 0.2) is 0 Å². The summed E-state index contributed by atoms with van der Waals surface area (Å²) in [4.78, 5) is 10.8. The second-order valence-electron chi connectivity index (χ2n) is 2.20. The smallest absolute Gasteiger partial charge is 0.373 e. The predicted molar refractivity (Wildman–Crippen MR) is 43.8 cm³/mol. The first-order valence-corrected chi connectivity index (χ1v) is 4.12. The van der Waals surface area contributed by atoms with Gasteiger partial charge in [-0.15, -0.1) is 0 Å². The molecular weight excluding hydrogens is 175 g/mol. The van der Waals surface area contributed by atoms with Crippen LogP contribution in [0.1, 0.15) is 5.56 Å². The van der Waals surface area contributed by atoms with Crippen molar-refractivity contribution in [1.82, 2.24) is 0 Å². The maximum absolute atomic E-state index is 10.8. The Hall–Kier alpha value is -1.21. The summed E-state index contributed by atoms with van der Waals surface area (Å²) in [7, 11) is -0.590. The minimum Gasteiger partial charge on any atom is -0.373 e. The van der Waals surface area contributed by atoms with Crippen LogP contribution in [-0.4, -0.2) is 5.97 Å². The fourth-order valence-electron chi connectivity index (χ4n) is 0.836. The van der Waals surface area contributed by atoms with Crippen LogP contribution in [0.5, 0.6) is 0 Å². The van der Waals surface area contributed by atoms with E-state index in [1.54, 1.807) is 0 Å². The normalized spacial score (nSPS) is 9.67. The summed E-state index contributed by atoms with van der Waals surface area (Å²) in [5.41, 5.74) is 0.853. The predicted octanol–water partition coefficient (Wildman–Crippen LogP) is 1.98. The van der Waals surface area contributed by atoms with Gasteiger partial charge < -0.3 is 4.52 Å². The first-order valence-electron chi connectivity index (χ1n) is 3.39. The van der Waals surface area contributed by atoms with E-state index in [0.29, 0.717) is 0 Å². The van der Waals surface area contributed by atoms with Crippen molar-refractivity contribution in [2.24, 2.45) is 0 Å². The van der Waals surface area contributed by atoms with E-state index in [0.717, 1.165) is 5.56 Å². The van der Waals surface area contributed by atoms with E-state index in [1.165, 1.54) is 0 Å². The highest BCUT2D eigenvalue weighted by Crippen LogP contribution is 2.03. The molecule has 0 aliphatic rings. The molecule has 0 aliphatic carbocycles. The monoisotopic (exact) mass is 182 g/mol. The molecule has 0 N–H and O–H groups in total. The zero-order valence-corrected chi connectivity index (χ0v) is 7.16. The van der Waals surface area contributed by atoms with E-state index >= 15 is 0 Å². The van der Waals surface area contributed by atoms with Crippen LogP contribution < -0.4 is 0 Å². The third-order valence-corrected chi connectivity index (χ3v) is 1.61. The van der Waals surface area contributed by atoms with E-state index in [9.17, 15) is 9.36 Å². The van der Waals surface area contributed by atoms with Crippen molar-refractivity contribution in [2.75, 3.05) is 0 Å². The van der Waals surface area contributed by atoms with Crippen molar-refractivity contribution in [3.63, 3.8) is 0 Å². The summed E-state index contributed by atoms with van der Waals surface area (Å²) in [6.07, 6.45) is 0.163. The standard InChI is InChI=1S/C8H7O3P/c9-8(11-12-10)6-7-4-2-1-3-5-7/h1-5H,6H2. The molecule has 62 valence electrons. The summed E-state index contributed by atoms with van der Waals surface area (Å²) < 4.78 is 14.1. The van der Waals surface area contributed by atoms with Gasteiger partial charge >= 0.3 is 14.7 Å². The molecule has 0 atom stereocenters. The summed E-state index contributed by atoms with van der Waals surface area (Å²) >= 11 is 0. The zero-order chi connectivity index (χ0) is 8.81. The number of rotatable bonds is 3. The molecule has 0 spiro atoms. The van der Waals surface area contributed by atoms with Gasteiger partial charge in [-0.25, -0.2) is 4.57 Å². The highest BCUT2D eigenvalue weighted by atomic mass is 31.1. The molecule has 0 saturated carbocycles. The molecule has 1 aromatic rings. The number of hydrogen-bond acceptors (Lipinski definition) is 3. The first kappa shape index (κ1) is 8.88. The average Bonchev–Trinajstić information content (AvgIpc) is 2.06. The van der Waals surface area contributed by atoms with Crippen LogP contribution in [0.4, 0.5) is 0 Å². The van der Waals surface area contributed by atoms with Crippen molar-refractivity contribution < 1.29 is 13.9 Å². The summed E-state index contributed by atoms with van der Waals surface area (Å²) in [5.74, 6) is -0.488. The van der Waals surface area contributed by atoms with Crippen LogP contribution in [-0.2, 0) is 20.3 Å². The topological polar surface area (TPSA) is 43.4 Å². The van der Waals surface area contributed by atoms with Crippen LogP contribution in [0.3, 0.4) is 0 Å². The third-order valence-electron chi connectivity index (χ3n) is 1.33. The fraction of sp³-hybridized carbons (Fsp3) is 0.125. The lowest BCUT2D eigenvalue weighted by molar-refractivity contribution is -0.132. The Balaban J connectivity index is 2.52. The highest BCUT2D eigenvalue weighted by molar-refractivity contribution is 7.18. The number of carbonyl (C=O) groups excluding carboxylic acids is 1. The average molecular weight is 182 g/mol. The molecule has 0 heterocycles. The number of carbonyl (C=O) groups is 1. The molecule has 1 rings (SSSR count). The van der Waals surface area contributed by atoms with Crippen LogP contribution in [0.2, 0.25) is 0 Å². The fourth-order valence-corrected chi connectivity index (χ4v) is 0.984. The Morgan fingerprint density at radius 3 is 2.58 bits per heavy atom. The SMILES string of the molecule is O=POC(=O)Cc1ccccc1. The zero-order valence-electron chi connectivity index (χ0n) is 6.27. The Morgan fingerprint density at radius 1 is 1.33 bits per heavy atom. The van der Waals surface area contributed by atoms with Gasteiger partial charge in [0.05, 0.1) is 6.42 Å². The van der Waals surface area contributed by atoms with Crippen LogP contribution >= 0.6 is 8.69 Å². The van der Waals surface area contributed by atoms with Gasteiger partial charge in [0, 0.05) is 0 Å². The molecular formula is C8H7O3P. The molecule has 3 nitrogen and oxygen atoms in total. The van der Waals surface area contributed by atoms with E-state index in [1.807, 2.05) is 30.3 Å². The summed E-state index contributed by atoms with van der Waals surface area (Å²) in [6.45, 7) is 0. The van der Waals surface area contributed by atoms with Gasteiger partial charge in [0.25, 0.3) is 0 Å². The van der Waals surface area contributed by atoms with Crippen LogP contribution in [0.15, 0.2) is 30.3 Å². The Kier molecular flexibility index (Phi) is 3.42. The largest absolute Gasteiger partial charge is 0.398 e. The quantitative estimate of drug-likeness (QED) is 0.671. The van der Waals surface area contributed by atoms with Gasteiger partial charge in [0.2, 0.25) is 0 Å². The van der Waals surface area contributed by atoms with Gasteiger partial charge in [-0.05, 0) is 5.56 Å². The van der Waals surface area contributed by atoms with Crippen LogP contribution in [0.25, 0.3) is 0 Å². The lowest BCUT2D eigenvalue weighted by Crippen LogP contribution is -2.01. The van der Waals surface area contributed by atoms with Crippen molar-refractivity contribution in [1.29, 1.82) is 0 Å². The number of benzene rings is 1. The van der Waals surface area contributed by atoms with Gasteiger partial charge in [-0.3, -0.25) is 4.79 Å². The molecule has 0 saturated heterocycles. The van der Waals surface area contributed by atoms with Gasteiger partial charge in [-0.2, -0.15) is 0 Å². The van der Waals surface area contributed by atoms with Gasteiger partial charge in [-0.1, -0.05) is 30.3 Å². The minimum atomic E-state index is -0.590. The van der Waals surface area contributed by atoms with E-state index in [-0.39, 0.29) is 6.42 Å². The molecule has 12 heavy (non-hydrogen) atoms.